The Balaban J connectivity index is 2.73. The average molecular weight is 295 g/mol. The van der Waals surface area contributed by atoms with Gasteiger partial charge in [0.15, 0.2) is 0 Å². The maximum Gasteiger partial charge on any atom is 0.461 e. The predicted molar refractivity (Wildman–Crippen MR) is 59.0 cm³/mol. The Hall–Kier alpha value is -2.06. The van der Waals surface area contributed by atoms with Crippen LogP contribution >= 0.6 is 0 Å². The first-order valence-electron chi connectivity index (χ1n) is 5.27. The minimum Gasteiger partial charge on any atom is -0.373 e. The van der Waals surface area contributed by atoms with Crippen molar-refractivity contribution in [3.8, 4) is 0 Å². The largest absolute Gasteiger partial charge is 0.461 e. The van der Waals surface area contributed by atoms with Crippen LogP contribution in [0.2, 0.25) is 0 Å². The molecule has 0 fully saturated rings. The highest BCUT2D eigenvalue weighted by molar-refractivity contribution is 5.89. The summed E-state index contributed by atoms with van der Waals surface area (Å²) >= 11 is 0. The second kappa shape index (κ2) is 4.50. The van der Waals surface area contributed by atoms with Gasteiger partial charge in [0, 0.05) is 18.5 Å². The number of anilines is 1. The van der Waals surface area contributed by atoms with E-state index in [0.29, 0.717) is 0 Å². The lowest BCUT2D eigenvalue weighted by atomic mass is 10.2. The van der Waals surface area contributed by atoms with Gasteiger partial charge in [-0.25, -0.2) is 14.4 Å². The number of hydrogen-bond donors (Lipinski definition) is 1. The van der Waals surface area contributed by atoms with Crippen LogP contribution in [-0.2, 0) is 5.92 Å². The van der Waals surface area contributed by atoms with Gasteiger partial charge in [0.1, 0.15) is 11.6 Å². The molecular formula is C11H7F6N3. The summed E-state index contributed by atoms with van der Waals surface area (Å²) in [5, 5.41) is 2.51. The molecule has 1 heterocycles. The Labute approximate surface area is 108 Å². The second-order valence-electron chi connectivity index (χ2n) is 3.88. The van der Waals surface area contributed by atoms with Crippen LogP contribution in [-0.4, -0.2) is 23.2 Å². The number of hydrogen-bond acceptors (Lipinski definition) is 3. The molecule has 108 valence electrons. The number of nitrogens with one attached hydrogen (secondary N) is 1. The number of aromatic nitrogens is 2. The molecule has 3 nitrogen and oxygen atoms in total. The van der Waals surface area contributed by atoms with E-state index >= 15 is 0 Å². The van der Waals surface area contributed by atoms with Crippen LogP contribution in [0, 0.1) is 5.82 Å². The molecule has 0 unspecified atom stereocenters. The molecule has 0 saturated carbocycles. The number of halogens is 6. The van der Waals surface area contributed by atoms with Gasteiger partial charge in [-0.15, -0.1) is 0 Å². The fourth-order valence-corrected chi connectivity index (χ4v) is 1.56. The van der Waals surface area contributed by atoms with E-state index < -0.39 is 23.7 Å². The molecular weight excluding hydrogens is 288 g/mol. The van der Waals surface area contributed by atoms with Gasteiger partial charge >= 0.3 is 12.1 Å². The summed E-state index contributed by atoms with van der Waals surface area (Å²) in [6.45, 7) is 0. The van der Waals surface area contributed by atoms with Crippen LogP contribution in [0.25, 0.3) is 10.9 Å². The van der Waals surface area contributed by atoms with E-state index in [9.17, 15) is 26.3 Å². The van der Waals surface area contributed by atoms with Crippen LogP contribution in [0.3, 0.4) is 0 Å². The van der Waals surface area contributed by atoms with Crippen molar-refractivity contribution in [3.63, 3.8) is 0 Å². The fourth-order valence-electron chi connectivity index (χ4n) is 1.56. The minimum absolute atomic E-state index is 0.135. The maximum absolute atomic E-state index is 13.2. The standard InChI is InChI=1S/C11H7F6N3/c1-18-8-6-3-2-5(12)4-7(6)19-9(20-8)10(13,14)11(15,16)17/h2-4H,1H3,(H,18,19,20). The first kappa shape index (κ1) is 14.4. The predicted octanol–water partition coefficient (Wildman–Crippen LogP) is 3.46. The molecule has 0 bridgehead atoms. The van der Waals surface area contributed by atoms with Crippen molar-refractivity contribution >= 4 is 16.7 Å². The van der Waals surface area contributed by atoms with Gasteiger partial charge in [-0.2, -0.15) is 22.0 Å². The van der Waals surface area contributed by atoms with E-state index in [2.05, 4.69) is 15.3 Å². The average Bonchev–Trinajstić information content (AvgIpc) is 2.35. The minimum atomic E-state index is -5.83. The van der Waals surface area contributed by atoms with Gasteiger partial charge in [-0.3, -0.25) is 0 Å². The van der Waals surface area contributed by atoms with Gasteiger partial charge in [-0.1, -0.05) is 0 Å². The van der Waals surface area contributed by atoms with Crippen molar-refractivity contribution in [1.29, 1.82) is 0 Å². The molecule has 20 heavy (non-hydrogen) atoms. The van der Waals surface area contributed by atoms with Crippen LogP contribution in [0.5, 0.6) is 0 Å². The number of nitrogens with zero attached hydrogens (tertiary/aromatic N) is 2. The number of benzene rings is 1. The number of rotatable bonds is 2. The van der Waals surface area contributed by atoms with Crippen molar-refractivity contribution in [2.45, 2.75) is 12.1 Å². The van der Waals surface area contributed by atoms with Gasteiger partial charge in [0.05, 0.1) is 5.52 Å². The zero-order valence-electron chi connectivity index (χ0n) is 9.89. The van der Waals surface area contributed by atoms with Gasteiger partial charge in [-0.05, 0) is 12.1 Å². The normalized spacial score (nSPS) is 12.8. The smallest absolute Gasteiger partial charge is 0.373 e. The maximum atomic E-state index is 13.2. The van der Waals surface area contributed by atoms with Crippen molar-refractivity contribution in [2.24, 2.45) is 0 Å². The molecule has 9 heteroatoms. The molecule has 2 aromatic rings. The van der Waals surface area contributed by atoms with Crippen LogP contribution in [0.15, 0.2) is 18.2 Å². The lowest BCUT2D eigenvalue weighted by molar-refractivity contribution is -0.292. The summed E-state index contributed by atoms with van der Waals surface area (Å²) < 4.78 is 76.4. The Bertz CT molecular complexity index is 652. The van der Waals surface area contributed by atoms with Crippen molar-refractivity contribution in [3.05, 3.63) is 29.8 Å². The summed E-state index contributed by atoms with van der Waals surface area (Å²) in [4.78, 5) is 6.29. The van der Waals surface area contributed by atoms with E-state index in [1.54, 1.807) is 0 Å². The molecule has 2 rings (SSSR count). The molecule has 1 aromatic carbocycles. The van der Waals surface area contributed by atoms with E-state index in [1.165, 1.54) is 13.1 Å². The molecule has 1 N–H and O–H groups in total. The van der Waals surface area contributed by atoms with Gasteiger partial charge in [0.2, 0.25) is 5.82 Å². The van der Waals surface area contributed by atoms with Crippen LogP contribution in [0.1, 0.15) is 5.82 Å². The number of alkyl halides is 5. The van der Waals surface area contributed by atoms with Crippen molar-refractivity contribution in [2.75, 3.05) is 12.4 Å². The zero-order chi connectivity index (χ0) is 15.1. The third-order valence-corrected chi connectivity index (χ3v) is 2.53. The first-order chi connectivity index (χ1) is 9.16. The third-order valence-electron chi connectivity index (χ3n) is 2.53. The van der Waals surface area contributed by atoms with Gasteiger partial charge < -0.3 is 5.32 Å². The molecule has 0 aliphatic rings. The quantitative estimate of drug-likeness (QED) is 0.862. The van der Waals surface area contributed by atoms with E-state index in [-0.39, 0.29) is 16.7 Å². The van der Waals surface area contributed by atoms with E-state index in [0.717, 1.165) is 12.1 Å². The third kappa shape index (κ3) is 2.23. The Morgan fingerprint density at radius 3 is 2.25 bits per heavy atom. The molecule has 0 saturated heterocycles. The van der Waals surface area contributed by atoms with Crippen molar-refractivity contribution < 1.29 is 26.3 Å². The van der Waals surface area contributed by atoms with Crippen LogP contribution < -0.4 is 5.32 Å². The van der Waals surface area contributed by atoms with E-state index in [1.807, 2.05) is 0 Å². The molecule has 0 aliphatic carbocycles. The Kier molecular flexibility index (Phi) is 3.23. The van der Waals surface area contributed by atoms with Gasteiger partial charge in [0.25, 0.3) is 0 Å². The summed E-state index contributed by atoms with van der Waals surface area (Å²) in [6, 6.07) is 2.97. The lowest BCUT2D eigenvalue weighted by Crippen LogP contribution is -2.35. The molecule has 0 aliphatic heterocycles. The highest BCUT2D eigenvalue weighted by Gasteiger charge is 2.61. The lowest BCUT2D eigenvalue weighted by Gasteiger charge is -2.19. The van der Waals surface area contributed by atoms with Crippen molar-refractivity contribution in [1.82, 2.24) is 9.97 Å². The first-order valence-corrected chi connectivity index (χ1v) is 5.27. The SMILES string of the molecule is CNc1nc(C(F)(F)C(F)(F)F)nc2cc(F)ccc12. The molecule has 0 spiro atoms. The second-order valence-corrected chi connectivity index (χ2v) is 3.88. The summed E-state index contributed by atoms with van der Waals surface area (Å²) in [5.74, 6) is -8.00. The topological polar surface area (TPSA) is 37.8 Å². The zero-order valence-corrected chi connectivity index (χ0v) is 9.89. The summed E-state index contributed by atoms with van der Waals surface area (Å²) in [6.07, 6.45) is -5.83. The summed E-state index contributed by atoms with van der Waals surface area (Å²) in [7, 11) is 1.29. The molecule has 0 amide bonds. The highest BCUT2D eigenvalue weighted by atomic mass is 19.4. The Morgan fingerprint density at radius 2 is 1.70 bits per heavy atom. The number of fused-ring (bicyclic) bond motifs is 1. The van der Waals surface area contributed by atoms with Crippen LogP contribution in [0.4, 0.5) is 32.2 Å². The fraction of sp³-hybridized carbons (Fsp3) is 0.273. The molecule has 0 atom stereocenters. The highest BCUT2D eigenvalue weighted by Crippen LogP contribution is 2.43. The Morgan fingerprint density at radius 1 is 1.05 bits per heavy atom. The molecule has 0 radical (unpaired) electrons. The monoisotopic (exact) mass is 295 g/mol. The summed E-state index contributed by atoms with van der Waals surface area (Å²) in [5.41, 5.74) is -0.344. The van der Waals surface area contributed by atoms with E-state index in [4.69, 9.17) is 0 Å². The molecule has 1 aromatic heterocycles.